The highest BCUT2D eigenvalue weighted by Gasteiger charge is 2.21. The highest BCUT2D eigenvalue weighted by Crippen LogP contribution is 2.15. The second kappa shape index (κ2) is 50.1. The molecule has 1 unspecified atom stereocenters. The summed E-state index contributed by atoms with van der Waals surface area (Å²) in [4.78, 5) is 94.6. The third-order valence-electron chi connectivity index (χ3n) is 11.1. The van der Waals surface area contributed by atoms with Crippen LogP contribution in [0.15, 0.2) is 0 Å². The summed E-state index contributed by atoms with van der Waals surface area (Å²) in [5.74, 6) is -3.21. The molecular formula is C49H88Br2N6O14. The smallest absolute Gasteiger partial charge is 0.326 e. The van der Waals surface area contributed by atoms with E-state index in [1.807, 2.05) is 0 Å². The summed E-state index contributed by atoms with van der Waals surface area (Å²) in [7, 11) is 0. The van der Waals surface area contributed by atoms with Gasteiger partial charge in [-0.1, -0.05) is 122 Å². The van der Waals surface area contributed by atoms with E-state index in [2.05, 4.69) is 63.8 Å². The molecule has 0 spiro atoms. The van der Waals surface area contributed by atoms with Crippen molar-refractivity contribution in [2.75, 3.05) is 89.7 Å². The van der Waals surface area contributed by atoms with Crippen LogP contribution in [0.5, 0.6) is 0 Å². The number of unbranched alkanes of at least 4 members (excludes halogenated alkanes) is 16. The Kier molecular flexibility index (Phi) is 47.7. The summed E-state index contributed by atoms with van der Waals surface area (Å²) in [6.45, 7) is 3.37. The highest BCUT2D eigenvalue weighted by atomic mass is 79.9. The maximum absolute atomic E-state index is 12.6. The van der Waals surface area contributed by atoms with Gasteiger partial charge >= 0.3 is 11.9 Å². The van der Waals surface area contributed by atoms with E-state index < -0.39 is 24.0 Å². The van der Waals surface area contributed by atoms with Gasteiger partial charge in [0.05, 0.1) is 63.5 Å². The van der Waals surface area contributed by atoms with Crippen molar-refractivity contribution in [2.24, 2.45) is 0 Å². The first kappa shape index (κ1) is 67.6. The first-order valence-electron chi connectivity index (χ1n) is 25.9. The molecular weight excluding hydrogens is 1060 g/mol. The largest absolute Gasteiger partial charge is 0.481 e. The van der Waals surface area contributed by atoms with Crippen LogP contribution in [-0.2, 0) is 57.3 Å². The predicted octanol–water partition coefficient (Wildman–Crippen LogP) is 5.20. The van der Waals surface area contributed by atoms with Crippen LogP contribution in [-0.4, -0.2) is 159 Å². The number of carbonyl (C=O) groups excluding carboxylic acids is 6. The second-order valence-electron chi connectivity index (χ2n) is 17.3. The van der Waals surface area contributed by atoms with E-state index in [4.69, 9.17) is 24.1 Å². The van der Waals surface area contributed by atoms with Crippen LogP contribution < -0.4 is 31.9 Å². The number of alkyl halides is 2. The summed E-state index contributed by atoms with van der Waals surface area (Å²) in [5, 5.41) is 34.8. The van der Waals surface area contributed by atoms with Crippen molar-refractivity contribution in [3.05, 3.63) is 0 Å². The van der Waals surface area contributed by atoms with Gasteiger partial charge in [0.1, 0.15) is 12.1 Å². The van der Waals surface area contributed by atoms with Gasteiger partial charge in [-0.25, -0.2) is 4.79 Å². The number of hydrogen-bond acceptors (Lipinski definition) is 12. The predicted molar refractivity (Wildman–Crippen MR) is 277 cm³/mol. The molecule has 0 aliphatic carbocycles. The van der Waals surface area contributed by atoms with Gasteiger partial charge in [0, 0.05) is 51.9 Å². The third kappa shape index (κ3) is 47.3. The lowest BCUT2D eigenvalue weighted by Crippen LogP contribution is -2.48. The van der Waals surface area contributed by atoms with Gasteiger partial charge in [-0.05, 0) is 44.9 Å². The Morgan fingerprint density at radius 1 is 0.352 bits per heavy atom. The lowest BCUT2D eigenvalue weighted by molar-refractivity contribution is -0.142. The minimum atomic E-state index is -1.06. The summed E-state index contributed by atoms with van der Waals surface area (Å²) in [6, 6.07) is -1.69. The third-order valence-corrected chi connectivity index (χ3v) is 12.1. The molecule has 0 aromatic rings. The van der Waals surface area contributed by atoms with Crippen molar-refractivity contribution in [1.82, 2.24) is 31.9 Å². The van der Waals surface area contributed by atoms with Gasteiger partial charge in [0.25, 0.3) is 0 Å². The Labute approximate surface area is 439 Å². The molecule has 0 fully saturated rings. The molecule has 0 aromatic carbocycles. The molecule has 22 heteroatoms. The molecule has 412 valence electrons. The number of aliphatic carboxylic acids is 2. The van der Waals surface area contributed by atoms with E-state index in [1.165, 1.54) is 57.8 Å². The number of amides is 6. The maximum atomic E-state index is 12.6. The van der Waals surface area contributed by atoms with Crippen molar-refractivity contribution < 1.29 is 67.5 Å². The Balaban J connectivity index is 3.70. The maximum Gasteiger partial charge on any atom is 0.326 e. The minimum absolute atomic E-state index is 0.0608. The Hall–Kier alpha value is -3.44. The molecule has 0 bridgehead atoms. The van der Waals surface area contributed by atoms with E-state index in [1.54, 1.807) is 0 Å². The quantitative estimate of drug-likeness (QED) is 0.0287. The van der Waals surface area contributed by atoms with Crippen LogP contribution >= 0.6 is 31.9 Å². The second-order valence-corrected chi connectivity index (χ2v) is 18.4. The molecule has 8 N–H and O–H groups in total. The van der Waals surface area contributed by atoms with Crippen LogP contribution in [0.2, 0.25) is 0 Å². The van der Waals surface area contributed by atoms with Crippen molar-refractivity contribution >= 4 is 79.2 Å². The number of carbonyl (C=O) groups is 8. The number of carboxylic acids is 2. The summed E-state index contributed by atoms with van der Waals surface area (Å²) in [6.07, 6.45) is 21.3. The number of halogens is 2. The number of hydrogen-bond donors (Lipinski definition) is 8. The standard InChI is InChI=1S/C49H88Br2N6O14/c50-38-45(61)53-27-19-21-40(56-46(62)39-51)48(65)55-29-33-71-37-35-69-31-25-43(59)54-28-32-70-36-34-68-30-24-42(58)52-26-18-17-20-41(49(66)67)57-44(60)22-15-13-11-9-7-5-3-1-2-4-6-8-10-12-14-16-23-47(63)64/h40-41H,1-39H2,(H,52,58)(H,53,61)(H,54,59)(H,55,65)(H,56,62)(H,57,60)(H,63,64)(H,66,67)/t40-,41?/m0/s1. The molecule has 2 atom stereocenters. The lowest BCUT2D eigenvalue weighted by Gasteiger charge is -2.18. The fourth-order valence-electron chi connectivity index (χ4n) is 7.13. The number of ether oxygens (including phenoxy) is 4. The molecule has 20 nitrogen and oxygen atoms in total. The van der Waals surface area contributed by atoms with Gasteiger partial charge in [0.2, 0.25) is 35.4 Å². The number of carboxylic acid groups (broad SMARTS) is 2. The van der Waals surface area contributed by atoms with E-state index in [9.17, 15) is 43.5 Å². The van der Waals surface area contributed by atoms with Crippen LogP contribution in [0.4, 0.5) is 0 Å². The molecule has 71 heavy (non-hydrogen) atoms. The van der Waals surface area contributed by atoms with E-state index in [-0.39, 0.29) is 118 Å². The Morgan fingerprint density at radius 2 is 0.746 bits per heavy atom. The van der Waals surface area contributed by atoms with Crippen LogP contribution in [0, 0.1) is 0 Å². The van der Waals surface area contributed by atoms with Crippen molar-refractivity contribution in [1.29, 1.82) is 0 Å². The van der Waals surface area contributed by atoms with Crippen molar-refractivity contribution in [3.63, 3.8) is 0 Å². The monoisotopic (exact) mass is 1140 g/mol. The lowest BCUT2D eigenvalue weighted by atomic mass is 10.0. The molecule has 0 radical (unpaired) electrons. The average Bonchev–Trinajstić information content (AvgIpc) is 3.34. The highest BCUT2D eigenvalue weighted by molar-refractivity contribution is 9.09. The van der Waals surface area contributed by atoms with Gasteiger partial charge in [0.15, 0.2) is 0 Å². The Bertz CT molecular complexity index is 1440. The molecule has 0 heterocycles. The van der Waals surface area contributed by atoms with Crippen molar-refractivity contribution in [2.45, 2.75) is 173 Å². The van der Waals surface area contributed by atoms with E-state index in [0.29, 0.717) is 65.0 Å². The van der Waals surface area contributed by atoms with E-state index >= 15 is 0 Å². The zero-order chi connectivity index (χ0) is 52.4. The van der Waals surface area contributed by atoms with Crippen LogP contribution in [0.3, 0.4) is 0 Å². The van der Waals surface area contributed by atoms with Crippen LogP contribution in [0.1, 0.15) is 161 Å². The zero-order valence-corrected chi connectivity index (χ0v) is 45.5. The minimum Gasteiger partial charge on any atom is -0.481 e. The molecule has 0 aliphatic rings. The van der Waals surface area contributed by atoms with E-state index in [0.717, 1.165) is 44.9 Å². The summed E-state index contributed by atoms with van der Waals surface area (Å²) < 4.78 is 21.8. The zero-order valence-electron chi connectivity index (χ0n) is 42.3. The molecule has 0 saturated heterocycles. The van der Waals surface area contributed by atoms with Gasteiger partial charge in [-0.15, -0.1) is 0 Å². The average molecular weight is 1150 g/mol. The molecule has 0 aliphatic heterocycles. The normalized spacial score (nSPS) is 11.9. The molecule has 0 aromatic heterocycles. The first-order chi connectivity index (χ1) is 34.4. The molecule has 6 amide bonds. The summed E-state index contributed by atoms with van der Waals surface area (Å²) in [5.41, 5.74) is 0. The first-order valence-corrected chi connectivity index (χ1v) is 28.2. The van der Waals surface area contributed by atoms with Gasteiger partial charge < -0.3 is 61.1 Å². The van der Waals surface area contributed by atoms with Gasteiger partial charge in [-0.2, -0.15) is 0 Å². The van der Waals surface area contributed by atoms with Crippen LogP contribution in [0.25, 0.3) is 0 Å². The van der Waals surface area contributed by atoms with Gasteiger partial charge in [-0.3, -0.25) is 33.6 Å². The Morgan fingerprint density at radius 3 is 1.23 bits per heavy atom. The summed E-state index contributed by atoms with van der Waals surface area (Å²) >= 11 is 6.14. The fraction of sp³-hybridized carbons (Fsp3) is 0.837. The molecule has 0 rings (SSSR count). The SMILES string of the molecule is O=C(O)CCCCCCCCCCCCCCCCCCC(=O)NC(CCCCNC(=O)CCOCCOCCNC(=O)CCOCCOCCNC(=O)[C@H](CCCNC(=O)CBr)NC(=O)CBr)C(=O)O. The number of nitrogens with one attached hydrogen (secondary N) is 6. The molecule has 0 saturated carbocycles. The van der Waals surface area contributed by atoms with Crippen molar-refractivity contribution in [3.8, 4) is 0 Å². The topological polar surface area (TPSA) is 286 Å². The fourth-order valence-corrected chi connectivity index (χ4v) is 7.49. The number of rotatable bonds is 52.